The van der Waals surface area contributed by atoms with Crippen molar-refractivity contribution in [1.82, 2.24) is 0 Å². The summed E-state index contributed by atoms with van der Waals surface area (Å²) in [6.07, 6.45) is 0. The summed E-state index contributed by atoms with van der Waals surface area (Å²) in [5, 5.41) is 11.2. The van der Waals surface area contributed by atoms with Gasteiger partial charge in [0.05, 0.1) is 10.8 Å². The Kier molecular flexibility index (Phi) is 4.82. The maximum Gasteiger partial charge on any atom is 0.269 e. The molecule has 2 aromatic carbocycles. The molecule has 4 nitrogen and oxygen atoms in total. The number of hydrogen-bond acceptors (Lipinski definition) is 3. The number of alkyl halides is 1. The van der Waals surface area contributed by atoms with Gasteiger partial charge < -0.3 is 4.74 Å². The molecule has 6 heteroatoms. The Morgan fingerprint density at radius 3 is 2.65 bits per heavy atom. The first-order chi connectivity index (χ1) is 9.61. The lowest BCUT2D eigenvalue weighted by Gasteiger charge is -2.11. The minimum Gasteiger partial charge on any atom is -0.489 e. The molecule has 20 heavy (non-hydrogen) atoms. The van der Waals surface area contributed by atoms with Crippen molar-refractivity contribution in [3.05, 3.63) is 68.7 Å². The number of ether oxygens (including phenoxy) is 1. The van der Waals surface area contributed by atoms with Gasteiger partial charge >= 0.3 is 0 Å². The van der Waals surface area contributed by atoms with Crippen LogP contribution in [-0.2, 0) is 12.5 Å². The predicted octanol–water partition coefficient (Wildman–Crippen LogP) is 4.57. The molecular weight excluding hydrogens is 301 g/mol. The molecule has 0 aliphatic rings. The van der Waals surface area contributed by atoms with Crippen molar-refractivity contribution in [2.45, 2.75) is 12.5 Å². The van der Waals surface area contributed by atoms with E-state index in [1.54, 1.807) is 30.3 Å². The van der Waals surface area contributed by atoms with Crippen LogP contribution in [0, 0.1) is 10.1 Å². The molecule has 0 aliphatic carbocycles. The smallest absolute Gasteiger partial charge is 0.269 e. The van der Waals surface area contributed by atoms with Crippen LogP contribution >= 0.6 is 23.2 Å². The van der Waals surface area contributed by atoms with Gasteiger partial charge in [-0.05, 0) is 17.7 Å². The lowest BCUT2D eigenvalue weighted by molar-refractivity contribution is -0.384. The molecule has 0 heterocycles. The number of nitro benzene ring substituents is 1. The predicted molar refractivity (Wildman–Crippen MR) is 78.4 cm³/mol. The normalized spacial score (nSPS) is 10.3. The molecule has 0 fully saturated rings. The summed E-state index contributed by atoms with van der Waals surface area (Å²) < 4.78 is 5.64. The Labute approximate surface area is 126 Å². The number of hydrogen-bond donors (Lipinski definition) is 0. The Bertz CT molecular complexity index is 632. The van der Waals surface area contributed by atoms with Crippen LogP contribution in [0.25, 0.3) is 0 Å². The molecule has 104 valence electrons. The van der Waals surface area contributed by atoms with E-state index >= 15 is 0 Å². The van der Waals surface area contributed by atoms with E-state index in [-0.39, 0.29) is 18.2 Å². The molecule has 0 bridgehead atoms. The van der Waals surface area contributed by atoms with E-state index < -0.39 is 4.92 Å². The number of halogens is 2. The first-order valence-electron chi connectivity index (χ1n) is 5.81. The van der Waals surface area contributed by atoms with Gasteiger partial charge in [-0.15, -0.1) is 11.6 Å². The largest absolute Gasteiger partial charge is 0.489 e. The molecule has 0 unspecified atom stereocenters. The van der Waals surface area contributed by atoms with Gasteiger partial charge in [0.1, 0.15) is 12.4 Å². The van der Waals surface area contributed by atoms with E-state index in [4.69, 9.17) is 27.9 Å². The maximum atomic E-state index is 10.7. The van der Waals surface area contributed by atoms with Crippen molar-refractivity contribution < 1.29 is 9.66 Å². The van der Waals surface area contributed by atoms with E-state index in [0.717, 1.165) is 0 Å². The van der Waals surface area contributed by atoms with Crippen LogP contribution in [0.4, 0.5) is 5.69 Å². The molecule has 2 rings (SSSR count). The van der Waals surface area contributed by atoms with Crippen LogP contribution in [0.1, 0.15) is 11.1 Å². The van der Waals surface area contributed by atoms with Crippen molar-refractivity contribution in [2.75, 3.05) is 0 Å². The first-order valence-corrected chi connectivity index (χ1v) is 6.72. The van der Waals surface area contributed by atoms with Crippen molar-refractivity contribution >= 4 is 28.9 Å². The van der Waals surface area contributed by atoms with Crippen LogP contribution in [-0.4, -0.2) is 4.92 Å². The highest BCUT2D eigenvalue weighted by molar-refractivity contribution is 6.32. The second-order valence-corrected chi connectivity index (χ2v) is 4.74. The molecule has 0 saturated carbocycles. The topological polar surface area (TPSA) is 52.4 Å². The maximum absolute atomic E-state index is 10.7. The third-order valence-electron chi connectivity index (χ3n) is 2.73. The van der Waals surface area contributed by atoms with Crippen molar-refractivity contribution in [3.63, 3.8) is 0 Å². The summed E-state index contributed by atoms with van der Waals surface area (Å²) in [5.74, 6) is 0.822. The van der Waals surface area contributed by atoms with Gasteiger partial charge in [-0.25, -0.2) is 0 Å². The summed E-state index contributed by atoms with van der Waals surface area (Å²) >= 11 is 11.9. The van der Waals surface area contributed by atoms with Crippen molar-refractivity contribution in [1.29, 1.82) is 0 Å². The fourth-order valence-electron chi connectivity index (χ4n) is 1.72. The minimum atomic E-state index is -0.437. The van der Waals surface area contributed by atoms with Gasteiger partial charge in [0.15, 0.2) is 0 Å². The average Bonchev–Trinajstić information content (AvgIpc) is 2.45. The van der Waals surface area contributed by atoms with Gasteiger partial charge in [-0.3, -0.25) is 10.1 Å². The van der Waals surface area contributed by atoms with Crippen LogP contribution in [0.15, 0.2) is 42.5 Å². The summed E-state index contributed by atoms with van der Waals surface area (Å²) in [4.78, 5) is 10.3. The third kappa shape index (κ3) is 3.40. The van der Waals surface area contributed by atoms with E-state index in [2.05, 4.69) is 0 Å². The molecular formula is C14H11Cl2NO3. The van der Waals surface area contributed by atoms with Crippen LogP contribution in [0.5, 0.6) is 5.75 Å². The SMILES string of the molecule is O=[N+]([O-])c1cccc(COc2cccc(Cl)c2CCl)c1. The number of rotatable bonds is 5. The Morgan fingerprint density at radius 2 is 1.95 bits per heavy atom. The molecule has 0 N–H and O–H groups in total. The number of benzene rings is 2. The number of nitrogens with zero attached hydrogens (tertiary/aromatic N) is 1. The lowest BCUT2D eigenvalue weighted by atomic mass is 10.2. The zero-order valence-corrected chi connectivity index (χ0v) is 11.9. The second-order valence-electron chi connectivity index (χ2n) is 4.07. The zero-order valence-electron chi connectivity index (χ0n) is 10.4. The van der Waals surface area contributed by atoms with Gasteiger partial charge in [0.2, 0.25) is 0 Å². The Morgan fingerprint density at radius 1 is 1.20 bits per heavy atom. The van der Waals surface area contributed by atoms with Crippen molar-refractivity contribution in [2.24, 2.45) is 0 Å². The average molecular weight is 312 g/mol. The molecule has 0 radical (unpaired) electrons. The molecule has 0 atom stereocenters. The first kappa shape index (κ1) is 14.6. The van der Waals surface area contributed by atoms with E-state index in [1.165, 1.54) is 12.1 Å². The quantitative estimate of drug-likeness (QED) is 0.462. The highest BCUT2D eigenvalue weighted by Crippen LogP contribution is 2.28. The van der Waals surface area contributed by atoms with Gasteiger partial charge in [0.25, 0.3) is 5.69 Å². The summed E-state index contributed by atoms with van der Waals surface area (Å²) in [6, 6.07) is 11.6. The van der Waals surface area contributed by atoms with Crippen molar-refractivity contribution in [3.8, 4) is 5.75 Å². The minimum absolute atomic E-state index is 0.0368. The molecule has 2 aromatic rings. The highest BCUT2D eigenvalue weighted by Gasteiger charge is 2.09. The van der Waals surface area contributed by atoms with Crippen LogP contribution in [0.3, 0.4) is 0 Å². The summed E-state index contributed by atoms with van der Waals surface area (Å²) in [6.45, 7) is 0.214. The lowest BCUT2D eigenvalue weighted by Crippen LogP contribution is -1.99. The Balaban J connectivity index is 2.15. The molecule has 0 spiro atoms. The van der Waals surface area contributed by atoms with E-state index in [1.807, 2.05) is 0 Å². The molecule has 0 saturated heterocycles. The van der Waals surface area contributed by atoms with E-state index in [0.29, 0.717) is 21.9 Å². The molecule has 0 aromatic heterocycles. The van der Waals surface area contributed by atoms with Crippen LogP contribution in [0.2, 0.25) is 5.02 Å². The second kappa shape index (κ2) is 6.59. The van der Waals surface area contributed by atoms with Gasteiger partial charge in [-0.2, -0.15) is 0 Å². The Hall–Kier alpha value is -1.78. The summed E-state index contributed by atoms with van der Waals surface area (Å²) in [7, 11) is 0. The zero-order chi connectivity index (χ0) is 14.5. The highest BCUT2D eigenvalue weighted by atomic mass is 35.5. The number of non-ortho nitro benzene ring substituents is 1. The van der Waals surface area contributed by atoms with E-state index in [9.17, 15) is 10.1 Å². The van der Waals surface area contributed by atoms with Gasteiger partial charge in [-0.1, -0.05) is 29.8 Å². The summed E-state index contributed by atoms with van der Waals surface area (Å²) in [5.41, 5.74) is 1.45. The number of nitro groups is 1. The molecule has 0 aliphatic heterocycles. The fraction of sp³-hybridized carbons (Fsp3) is 0.143. The molecule has 0 amide bonds. The standard InChI is InChI=1S/C14H11Cl2NO3/c15-8-12-13(16)5-2-6-14(12)20-9-10-3-1-4-11(7-10)17(18)19/h1-7H,8-9H2. The van der Waals surface area contributed by atoms with Crippen LogP contribution < -0.4 is 4.74 Å². The third-order valence-corrected chi connectivity index (χ3v) is 3.35. The fourth-order valence-corrected chi connectivity index (χ4v) is 2.30. The van der Waals surface area contributed by atoms with Gasteiger partial charge in [0, 0.05) is 22.7 Å². The monoisotopic (exact) mass is 311 g/mol.